The highest BCUT2D eigenvalue weighted by Crippen LogP contribution is 2.30. The van der Waals surface area contributed by atoms with Crippen LogP contribution in [0.3, 0.4) is 0 Å². The number of thiazole rings is 1. The molecule has 3 aromatic rings. The highest BCUT2D eigenvalue weighted by Gasteiger charge is 2.17. The van der Waals surface area contributed by atoms with Gasteiger partial charge in [0.1, 0.15) is 10.8 Å². The zero-order chi connectivity index (χ0) is 14.8. The van der Waals surface area contributed by atoms with Crippen molar-refractivity contribution in [2.45, 2.75) is 13.5 Å². The van der Waals surface area contributed by atoms with Gasteiger partial charge in [0.2, 0.25) is 5.91 Å². The Bertz CT molecular complexity index is 765. The fourth-order valence-electron chi connectivity index (χ4n) is 2.18. The number of phenolic OH excluding ortho intramolecular Hbond substituents is 1. The number of fused-ring (bicyclic) bond motifs is 1. The van der Waals surface area contributed by atoms with Gasteiger partial charge in [-0.15, -0.1) is 11.3 Å². The fourth-order valence-corrected chi connectivity index (χ4v) is 3.14. The van der Waals surface area contributed by atoms with Crippen molar-refractivity contribution in [3.63, 3.8) is 0 Å². The molecule has 2 aromatic carbocycles. The molecule has 0 atom stereocenters. The number of hydrogen-bond donors (Lipinski definition) is 1. The second-order valence-electron chi connectivity index (χ2n) is 4.67. The van der Waals surface area contributed by atoms with Gasteiger partial charge in [0.05, 0.1) is 22.4 Å². The maximum Gasteiger partial charge on any atom is 0.224 e. The standard InChI is InChI=1S/C16H14N2O2S/c1-11(19)18(13-7-3-4-8-14(13)20)10-16-17-12-6-2-5-9-15(12)21-16/h2-9,20H,10H2,1H3. The van der Waals surface area contributed by atoms with E-state index < -0.39 is 0 Å². The lowest BCUT2D eigenvalue weighted by Gasteiger charge is -2.20. The molecular weight excluding hydrogens is 284 g/mol. The molecule has 0 spiro atoms. The van der Waals surface area contributed by atoms with E-state index in [2.05, 4.69) is 4.98 Å². The van der Waals surface area contributed by atoms with Crippen LogP contribution in [0.25, 0.3) is 10.2 Å². The van der Waals surface area contributed by atoms with Crippen LogP contribution in [0, 0.1) is 0 Å². The van der Waals surface area contributed by atoms with Crippen molar-refractivity contribution in [3.05, 3.63) is 53.5 Å². The van der Waals surface area contributed by atoms with Crippen LogP contribution in [0.5, 0.6) is 5.75 Å². The molecule has 0 aliphatic rings. The highest BCUT2D eigenvalue weighted by atomic mass is 32.1. The van der Waals surface area contributed by atoms with Gasteiger partial charge in [0.25, 0.3) is 0 Å². The number of benzene rings is 2. The maximum absolute atomic E-state index is 11.9. The second kappa shape index (κ2) is 5.54. The summed E-state index contributed by atoms with van der Waals surface area (Å²) in [6.45, 7) is 1.84. The van der Waals surface area contributed by atoms with E-state index in [1.165, 1.54) is 11.8 Å². The second-order valence-corrected chi connectivity index (χ2v) is 5.78. The predicted molar refractivity (Wildman–Crippen MR) is 84.6 cm³/mol. The monoisotopic (exact) mass is 298 g/mol. The van der Waals surface area contributed by atoms with Crippen LogP contribution >= 0.6 is 11.3 Å². The Morgan fingerprint density at radius 3 is 2.62 bits per heavy atom. The SMILES string of the molecule is CC(=O)N(Cc1nc2ccccc2s1)c1ccccc1O. The van der Waals surface area contributed by atoms with Crippen molar-refractivity contribution in [1.82, 2.24) is 4.98 Å². The third-order valence-electron chi connectivity index (χ3n) is 3.18. The number of rotatable bonds is 3. The minimum absolute atomic E-state index is 0.0915. The van der Waals surface area contributed by atoms with Crippen molar-refractivity contribution in [2.75, 3.05) is 4.90 Å². The van der Waals surface area contributed by atoms with Gasteiger partial charge in [0.15, 0.2) is 0 Å². The van der Waals surface area contributed by atoms with Gasteiger partial charge in [0, 0.05) is 6.92 Å². The number of aromatic nitrogens is 1. The summed E-state index contributed by atoms with van der Waals surface area (Å²) in [4.78, 5) is 18.0. The van der Waals surface area contributed by atoms with Gasteiger partial charge in [-0.05, 0) is 24.3 Å². The number of nitrogens with zero attached hydrogens (tertiary/aromatic N) is 2. The van der Waals surface area contributed by atoms with Gasteiger partial charge < -0.3 is 10.0 Å². The number of phenols is 1. The number of carbonyl (C=O) groups is 1. The number of amides is 1. The molecule has 0 saturated carbocycles. The third-order valence-corrected chi connectivity index (χ3v) is 4.21. The molecule has 0 radical (unpaired) electrons. The van der Waals surface area contributed by atoms with E-state index in [-0.39, 0.29) is 11.7 Å². The molecule has 1 heterocycles. The van der Waals surface area contributed by atoms with Crippen molar-refractivity contribution < 1.29 is 9.90 Å². The molecule has 106 valence electrons. The van der Waals surface area contributed by atoms with E-state index in [1.54, 1.807) is 35.6 Å². The van der Waals surface area contributed by atoms with Gasteiger partial charge in [-0.25, -0.2) is 4.98 Å². The molecule has 3 rings (SSSR count). The fraction of sp³-hybridized carbons (Fsp3) is 0.125. The molecule has 4 nitrogen and oxygen atoms in total. The zero-order valence-electron chi connectivity index (χ0n) is 11.5. The Morgan fingerprint density at radius 1 is 1.19 bits per heavy atom. The largest absolute Gasteiger partial charge is 0.506 e. The summed E-state index contributed by atoms with van der Waals surface area (Å²) >= 11 is 1.56. The average molecular weight is 298 g/mol. The van der Waals surface area contributed by atoms with E-state index >= 15 is 0 Å². The van der Waals surface area contributed by atoms with Gasteiger partial charge in [-0.1, -0.05) is 24.3 Å². The molecule has 0 bridgehead atoms. The first-order valence-corrected chi connectivity index (χ1v) is 7.37. The van der Waals surface area contributed by atoms with E-state index in [4.69, 9.17) is 0 Å². The van der Waals surface area contributed by atoms with Gasteiger partial charge in [-0.2, -0.15) is 0 Å². The summed E-state index contributed by atoms with van der Waals surface area (Å²) in [5.74, 6) is -0.0374. The number of anilines is 1. The molecule has 5 heteroatoms. The third kappa shape index (κ3) is 2.73. The van der Waals surface area contributed by atoms with E-state index in [0.717, 1.165) is 15.2 Å². The molecule has 0 unspecified atom stereocenters. The minimum Gasteiger partial charge on any atom is -0.506 e. The highest BCUT2D eigenvalue weighted by molar-refractivity contribution is 7.18. The molecule has 1 aromatic heterocycles. The summed E-state index contributed by atoms with van der Waals surface area (Å²) in [7, 11) is 0. The molecule has 1 N–H and O–H groups in total. The normalized spacial score (nSPS) is 10.7. The summed E-state index contributed by atoms with van der Waals surface area (Å²) in [6.07, 6.45) is 0. The Morgan fingerprint density at radius 2 is 1.90 bits per heavy atom. The Labute approximate surface area is 126 Å². The molecule has 0 aliphatic heterocycles. The zero-order valence-corrected chi connectivity index (χ0v) is 12.3. The predicted octanol–water partition coefficient (Wildman–Crippen LogP) is 3.56. The number of hydrogen-bond acceptors (Lipinski definition) is 4. The lowest BCUT2D eigenvalue weighted by molar-refractivity contribution is -0.116. The summed E-state index contributed by atoms with van der Waals surface area (Å²) in [5, 5.41) is 10.8. The Hall–Kier alpha value is -2.40. The number of aromatic hydroxyl groups is 1. The quantitative estimate of drug-likeness (QED) is 0.804. The molecule has 0 aliphatic carbocycles. The summed E-state index contributed by atoms with van der Waals surface area (Å²) in [5.41, 5.74) is 1.43. The first-order valence-electron chi connectivity index (χ1n) is 6.55. The maximum atomic E-state index is 11.9. The van der Waals surface area contributed by atoms with E-state index in [9.17, 15) is 9.90 Å². The summed E-state index contributed by atoms with van der Waals surface area (Å²) < 4.78 is 1.09. The first kappa shape index (κ1) is 13.6. The van der Waals surface area contributed by atoms with Crippen LogP contribution in [0.1, 0.15) is 11.9 Å². The van der Waals surface area contributed by atoms with Crippen molar-refractivity contribution in [1.29, 1.82) is 0 Å². The Kier molecular flexibility index (Phi) is 3.58. The van der Waals surface area contributed by atoms with Crippen LogP contribution in [0.2, 0.25) is 0 Å². The first-order chi connectivity index (χ1) is 10.1. The van der Waals surface area contributed by atoms with Gasteiger partial charge in [-0.3, -0.25) is 4.79 Å². The molecule has 1 amide bonds. The van der Waals surface area contributed by atoms with Crippen molar-refractivity contribution >= 4 is 33.1 Å². The molecular formula is C16H14N2O2S. The smallest absolute Gasteiger partial charge is 0.224 e. The van der Waals surface area contributed by atoms with Gasteiger partial charge >= 0.3 is 0 Å². The Balaban J connectivity index is 1.96. The lowest BCUT2D eigenvalue weighted by Crippen LogP contribution is -2.27. The van der Waals surface area contributed by atoms with Crippen LogP contribution in [0.4, 0.5) is 5.69 Å². The number of carbonyl (C=O) groups excluding carboxylic acids is 1. The molecule has 0 fully saturated rings. The lowest BCUT2D eigenvalue weighted by atomic mass is 10.2. The number of para-hydroxylation sites is 3. The molecule has 0 saturated heterocycles. The van der Waals surface area contributed by atoms with Crippen molar-refractivity contribution in [3.8, 4) is 5.75 Å². The van der Waals surface area contributed by atoms with Crippen molar-refractivity contribution in [2.24, 2.45) is 0 Å². The summed E-state index contributed by atoms with van der Waals surface area (Å²) in [6, 6.07) is 14.7. The van der Waals surface area contributed by atoms with E-state index in [0.29, 0.717) is 12.2 Å². The van der Waals surface area contributed by atoms with Crippen LogP contribution in [-0.4, -0.2) is 16.0 Å². The van der Waals surface area contributed by atoms with Crippen LogP contribution < -0.4 is 4.90 Å². The van der Waals surface area contributed by atoms with Crippen LogP contribution in [-0.2, 0) is 11.3 Å². The average Bonchev–Trinajstić information content (AvgIpc) is 2.88. The minimum atomic E-state index is -0.129. The molecule has 21 heavy (non-hydrogen) atoms. The topological polar surface area (TPSA) is 53.4 Å². The van der Waals surface area contributed by atoms with E-state index in [1.807, 2.05) is 24.3 Å². The van der Waals surface area contributed by atoms with Crippen LogP contribution in [0.15, 0.2) is 48.5 Å².